The van der Waals surface area contributed by atoms with Gasteiger partial charge in [-0.3, -0.25) is 0 Å². The van der Waals surface area contributed by atoms with Crippen molar-refractivity contribution in [1.82, 2.24) is 11.5 Å². The van der Waals surface area contributed by atoms with Crippen molar-refractivity contribution in [3.8, 4) is 5.75 Å². The van der Waals surface area contributed by atoms with Crippen LogP contribution in [0.15, 0.2) is 55.1 Å². The Balaban J connectivity index is 0.00000312. The van der Waals surface area contributed by atoms with Gasteiger partial charge in [-0.05, 0) is 48.2 Å². The molecule has 8 N–H and O–H groups in total. The minimum absolute atomic E-state index is 0. The number of aliphatic hydroxyl groups excluding tert-OH is 1. The predicted octanol–water partition coefficient (Wildman–Crippen LogP) is 2.61. The third-order valence-electron chi connectivity index (χ3n) is 3.96. The van der Waals surface area contributed by atoms with E-state index in [4.69, 9.17) is 5.73 Å². The van der Waals surface area contributed by atoms with Gasteiger partial charge in [0.15, 0.2) is 0 Å². The number of hydrogen-bond acceptors (Lipinski definition) is 5. The first kappa shape index (κ1) is 20.9. The number of phenols is 1. The molecule has 0 fully saturated rings. The molecule has 5 nitrogen and oxygen atoms in total. The summed E-state index contributed by atoms with van der Waals surface area (Å²) in [7, 11) is 0. The zero-order valence-electron chi connectivity index (χ0n) is 14.8. The van der Waals surface area contributed by atoms with Gasteiger partial charge in [0, 0.05) is 19.1 Å². The third-order valence-corrected chi connectivity index (χ3v) is 3.96. The standard InChI is InChI=1S/C20H26N2O2.H3N/c1-14(2)17-8-16(9-18(23)11-17)12-22-13-20(24)19(21)10-15-6-4-3-5-7-15;/h3-9,11,19-20,22-24H,1,10,12-13,21H2,2H3;1H3. The summed E-state index contributed by atoms with van der Waals surface area (Å²) in [6, 6.07) is 15.0. The van der Waals surface area contributed by atoms with Gasteiger partial charge in [0.1, 0.15) is 5.75 Å². The molecule has 2 aromatic rings. The Labute approximate surface area is 149 Å². The number of benzene rings is 2. The summed E-state index contributed by atoms with van der Waals surface area (Å²) in [6.45, 7) is 6.73. The summed E-state index contributed by atoms with van der Waals surface area (Å²) in [4.78, 5) is 0. The van der Waals surface area contributed by atoms with Crippen LogP contribution in [-0.2, 0) is 13.0 Å². The maximum absolute atomic E-state index is 10.2. The summed E-state index contributed by atoms with van der Waals surface area (Å²) in [5.41, 5.74) is 9.94. The van der Waals surface area contributed by atoms with E-state index < -0.39 is 6.10 Å². The second kappa shape index (κ2) is 9.96. The van der Waals surface area contributed by atoms with Crippen LogP contribution in [0.5, 0.6) is 5.75 Å². The SMILES string of the molecule is C=C(C)c1cc(O)cc(CNCC(O)C(N)Cc2ccccc2)c1.N. The summed E-state index contributed by atoms with van der Waals surface area (Å²) in [6.07, 6.45) is -0.00145. The molecule has 25 heavy (non-hydrogen) atoms. The fourth-order valence-corrected chi connectivity index (χ4v) is 2.56. The average Bonchev–Trinajstić information content (AvgIpc) is 2.55. The van der Waals surface area contributed by atoms with E-state index >= 15 is 0 Å². The fraction of sp³-hybridized carbons (Fsp3) is 0.300. The van der Waals surface area contributed by atoms with Crippen molar-refractivity contribution in [3.05, 3.63) is 71.8 Å². The molecule has 5 heteroatoms. The first-order valence-electron chi connectivity index (χ1n) is 8.13. The molecular formula is C20H29N3O2. The Hall–Kier alpha value is -2.18. The van der Waals surface area contributed by atoms with Gasteiger partial charge in [-0.1, -0.05) is 42.5 Å². The third kappa shape index (κ3) is 6.68. The van der Waals surface area contributed by atoms with Crippen LogP contribution in [0.1, 0.15) is 23.6 Å². The average molecular weight is 343 g/mol. The molecule has 2 aromatic carbocycles. The molecule has 0 saturated carbocycles. The van der Waals surface area contributed by atoms with Gasteiger partial charge < -0.3 is 27.4 Å². The summed E-state index contributed by atoms with van der Waals surface area (Å²) >= 11 is 0. The number of rotatable bonds is 8. The number of nitrogens with one attached hydrogen (secondary N) is 1. The van der Waals surface area contributed by atoms with Crippen molar-refractivity contribution >= 4 is 5.57 Å². The Kier molecular flexibility index (Phi) is 8.31. The monoisotopic (exact) mass is 343 g/mol. The number of hydrogen-bond donors (Lipinski definition) is 5. The van der Waals surface area contributed by atoms with E-state index in [1.807, 2.05) is 43.3 Å². The van der Waals surface area contributed by atoms with Gasteiger partial charge in [0.25, 0.3) is 0 Å². The molecular weight excluding hydrogens is 314 g/mol. The zero-order valence-corrected chi connectivity index (χ0v) is 14.8. The highest BCUT2D eigenvalue weighted by Gasteiger charge is 2.15. The quantitative estimate of drug-likeness (QED) is 0.505. The molecule has 0 spiro atoms. The predicted molar refractivity (Wildman–Crippen MR) is 104 cm³/mol. The lowest BCUT2D eigenvalue weighted by atomic mass is 10.0. The molecule has 0 aliphatic carbocycles. The highest BCUT2D eigenvalue weighted by molar-refractivity contribution is 5.63. The van der Waals surface area contributed by atoms with Crippen molar-refractivity contribution in [3.63, 3.8) is 0 Å². The molecule has 2 rings (SSSR count). The van der Waals surface area contributed by atoms with Crippen LogP contribution in [0.3, 0.4) is 0 Å². The minimum Gasteiger partial charge on any atom is -0.508 e. The normalized spacial score (nSPS) is 12.9. The largest absolute Gasteiger partial charge is 0.508 e. The van der Waals surface area contributed by atoms with Gasteiger partial charge >= 0.3 is 0 Å². The summed E-state index contributed by atoms with van der Waals surface area (Å²) < 4.78 is 0. The lowest BCUT2D eigenvalue weighted by Crippen LogP contribution is -2.42. The topological polar surface area (TPSA) is 114 Å². The highest BCUT2D eigenvalue weighted by Crippen LogP contribution is 2.20. The van der Waals surface area contributed by atoms with E-state index in [2.05, 4.69) is 11.9 Å². The van der Waals surface area contributed by atoms with Crippen LogP contribution >= 0.6 is 0 Å². The lowest BCUT2D eigenvalue weighted by Gasteiger charge is -2.19. The van der Waals surface area contributed by atoms with Gasteiger partial charge in [-0.15, -0.1) is 0 Å². The highest BCUT2D eigenvalue weighted by atomic mass is 16.3. The van der Waals surface area contributed by atoms with Gasteiger partial charge in [-0.2, -0.15) is 0 Å². The molecule has 0 aromatic heterocycles. The molecule has 0 saturated heterocycles. The Bertz CT molecular complexity index is 674. The van der Waals surface area contributed by atoms with Crippen LogP contribution in [0.25, 0.3) is 5.57 Å². The molecule has 0 bridgehead atoms. The molecule has 0 amide bonds. The molecule has 2 unspecified atom stereocenters. The van der Waals surface area contributed by atoms with Crippen LogP contribution in [0.2, 0.25) is 0 Å². The van der Waals surface area contributed by atoms with Gasteiger partial charge in [-0.25, -0.2) is 0 Å². The number of aliphatic hydroxyl groups is 1. The van der Waals surface area contributed by atoms with E-state index in [0.29, 0.717) is 19.5 Å². The van der Waals surface area contributed by atoms with Crippen LogP contribution in [0, 0.1) is 0 Å². The van der Waals surface area contributed by atoms with E-state index in [-0.39, 0.29) is 17.9 Å². The first-order valence-corrected chi connectivity index (χ1v) is 8.13. The van der Waals surface area contributed by atoms with Gasteiger partial charge in [0.2, 0.25) is 0 Å². The molecule has 136 valence electrons. The smallest absolute Gasteiger partial charge is 0.116 e. The number of phenolic OH excluding ortho intramolecular Hbond substituents is 1. The van der Waals surface area contributed by atoms with Crippen LogP contribution < -0.4 is 17.2 Å². The Morgan fingerprint density at radius 3 is 2.48 bits per heavy atom. The van der Waals surface area contributed by atoms with Crippen LogP contribution in [0.4, 0.5) is 0 Å². The van der Waals surface area contributed by atoms with Crippen molar-refractivity contribution in [2.24, 2.45) is 5.73 Å². The Morgan fingerprint density at radius 2 is 1.84 bits per heavy atom. The van der Waals surface area contributed by atoms with E-state index in [9.17, 15) is 10.2 Å². The summed E-state index contributed by atoms with van der Waals surface area (Å²) in [5.74, 6) is 0.216. The lowest BCUT2D eigenvalue weighted by molar-refractivity contribution is 0.141. The zero-order chi connectivity index (χ0) is 17.5. The minimum atomic E-state index is -0.636. The first-order chi connectivity index (χ1) is 11.5. The van der Waals surface area contributed by atoms with E-state index in [1.54, 1.807) is 12.1 Å². The Morgan fingerprint density at radius 1 is 1.16 bits per heavy atom. The van der Waals surface area contributed by atoms with Crippen molar-refractivity contribution in [2.75, 3.05) is 6.54 Å². The number of aromatic hydroxyl groups is 1. The summed E-state index contributed by atoms with van der Waals surface area (Å²) in [5, 5.41) is 23.2. The van der Waals surface area contributed by atoms with E-state index in [1.165, 1.54) is 0 Å². The van der Waals surface area contributed by atoms with Crippen molar-refractivity contribution in [1.29, 1.82) is 0 Å². The van der Waals surface area contributed by atoms with Crippen molar-refractivity contribution in [2.45, 2.75) is 32.0 Å². The van der Waals surface area contributed by atoms with Crippen LogP contribution in [-0.4, -0.2) is 28.9 Å². The second-order valence-corrected chi connectivity index (χ2v) is 6.22. The fourth-order valence-electron chi connectivity index (χ4n) is 2.56. The molecule has 0 aliphatic rings. The second-order valence-electron chi connectivity index (χ2n) is 6.22. The molecule has 0 heterocycles. The molecule has 0 radical (unpaired) electrons. The van der Waals surface area contributed by atoms with E-state index in [0.717, 1.165) is 22.3 Å². The van der Waals surface area contributed by atoms with Gasteiger partial charge in [0.05, 0.1) is 6.10 Å². The van der Waals surface area contributed by atoms with Crippen molar-refractivity contribution < 1.29 is 10.2 Å². The maximum atomic E-state index is 10.2. The molecule has 2 atom stereocenters. The number of allylic oxidation sites excluding steroid dienone is 1. The maximum Gasteiger partial charge on any atom is 0.116 e. The number of nitrogens with two attached hydrogens (primary N) is 1. The molecule has 0 aliphatic heterocycles.